The van der Waals surface area contributed by atoms with E-state index < -0.39 is 12.2 Å². The summed E-state index contributed by atoms with van der Waals surface area (Å²) in [6.45, 7) is 7.31. The molecule has 0 aliphatic heterocycles. The van der Waals surface area contributed by atoms with Gasteiger partial charge in [-0.3, -0.25) is 0 Å². The SMILES string of the molecule is CC(C)(C)CC(O)CNCC(O)COc1ccc(Cl)cc1. The summed E-state index contributed by atoms with van der Waals surface area (Å²) in [6.07, 6.45) is -0.311. The van der Waals surface area contributed by atoms with Crippen molar-refractivity contribution in [1.29, 1.82) is 0 Å². The Morgan fingerprint density at radius 2 is 1.67 bits per heavy atom. The van der Waals surface area contributed by atoms with Gasteiger partial charge in [-0.1, -0.05) is 32.4 Å². The van der Waals surface area contributed by atoms with Crippen LogP contribution in [-0.4, -0.2) is 42.1 Å². The molecule has 0 aliphatic carbocycles. The zero-order valence-electron chi connectivity index (χ0n) is 13.0. The molecule has 1 aromatic carbocycles. The zero-order valence-corrected chi connectivity index (χ0v) is 13.7. The van der Waals surface area contributed by atoms with Crippen molar-refractivity contribution in [2.24, 2.45) is 5.41 Å². The fourth-order valence-corrected chi connectivity index (χ4v) is 2.10. The Bertz CT molecular complexity index is 403. The van der Waals surface area contributed by atoms with E-state index in [1.165, 1.54) is 0 Å². The molecule has 120 valence electrons. The third kappa shape index (κ3) is 8.94. The number of hydrogen-bond acceptors (Lipinski definition) is 4. The van der Waals surface area contributed by atoms with Crippen LogP contribution in [0.25, 0.3) is 0 Å². The molecule has 0 saturated heterocycles. The standard InChI is InChI=1S/C16H26ClNO3/c1-16(2,3)8-13(19)9-18-10-14(20)11-21-15-6-4-12(17)5-7-15/h4-7,13-14,18-20H,8-11H2,1-3H3. The van der Waals surface area contributed by atoms with Crippen LogP contribution in [0, 0.1) is 5.41 Å². The van der Waals surface area contributed by atoms with Gasteiger partial charge in [-0.25, -0.2) is 0 Å². The second-order valence-electron chi connectivity index (χ2n) is 6.50. The topological polar surface area (TPSA) is 61.7 Å². The molecule has 0 aromatic heterocycles. The highest BCUT2D eigenvalue weighted by atomic mass is 35.5. The van der Waals surface area contributed by atoms with Crippen molar-refractivity contribution in [1.82, 2.24) is 5.32 Å². The molecule has 0 saturated carbocycles. The Morgan fingerprint density at radius 1 is 1.10 bits per heavy atom. The van der Waals surface area contributed by atoms with Crippen molar-refractivity contribution in [3.63, 3.8) is 0 Å². The van der Waals surface area contributed by atoms with Gasteiger partial charge in [0.1, 0.15) is 18.5 Å². The maximum absolute atomic E-state index is 9.84. The van der Waals surface area contributed by atoms with Crippen molar-refractivity contribution in [2.75, 3.05) is 19.7 Å². The fourth-order valence-electron chi connectivity index (χ4n) is 1.98. The first-order chi connectivity index (χ1) is 9.76. The zero-order chi connectivity index (χ0) is 15.9. The largest absolute Gasteiger partial charge is 0.491 e. The van der Waals surface area contributed by atoms with Crippen LogP contribution in [0.5, 0.6) is 5.75 Å². The van der Waals surface area contributed by atoms with Gasteiger partial charge in [0.25, 0.3) is 0 Å². The molecule has 0 spiro atoms. The van der Waals surface area contributed by atoms with Crippen LogP contribution in [0.15, 0.2) is 24.3 Å². The van der Waals surface area contributed by atoms with Crippen LogP contribution in [0.3, 0.4) is 0 Å². The normalized spacial score (nSPS) is 14.8. The summed E-state index contributed by atoms with van der Waals surface area (Å²) in [7, 11) is 0. The second-order valence-corrected chi connectivity index (χ2v) is 6.93. The minimum Gasteiger partial charge on any atom is -0.491 e. The van der Waals surface area contributed by atoms with Crippen LogP contribution >= 0.6 is 11.6 Å². The van der Waals surface area contributed by atoms with E-state index in [9.17, 15) is 10.2 Å². The first kappa shape index (κ1) is 18.2. The Balaban J connectivity index is 2.16. The fraction of sp³-hybridized carbons (Fsp3) is 0.625. The highest BCUT2D eigenvalue weighted by Crippen LogP contribution is 2.20. The van der Waals surface area contributed by atoms with E-state index in [-0.39, 0.29) is 12.0 Å². The van der Waals surface area contributed by atoms with E-state index in [1.54, 1.807) is 24.3 Å². The molecule has 0 fully saturated rings. The predicted octanol–water partition coefficient (Wildman–Crippen LogP) is 2.47. The third-order valence-electron chi connectivity index (χ3n) is 2.86. The Morgan fingerprint density at radius 3 is 2.24 bits per heavy atom. The summed E-state index contributed by atoms with van der Waals surface area (Å²) in [5.74, 6) is 0.672. The van der Waals surface area contributed by atoms with Gasteiger partial charge in [0.2, 0.25) is 0 Å². The number of halogens is 1. The van der Waals surface area contributed by atoms with Gasteiger partial charge in [-0.2, -0.15) is 0 Å². The van der Waals surface area contributed by atoms with Gasteiger partial charge < -0.3 is 20.3 Å². The van der Waals surface area contributed by atoms with Gasteiger partial charge in [-0.05, 0) is 36.1 Å². The Hall–Kier alpha value is -0.810. The monoisotopic (exact) mass is 315 g/mol. The van der Waals surface area contributed by atoms with E-state index in [2.05, 4.69) is 26.1 Å². The highest BCUT2D eigenvalue weighted by Gasteiger charge is 2.16. The summed E-state index contributed by atoms with van der Waals surface area (Å²) >= 11 is 5.78. The van der Waals surface area contributed by atoms with Gasteiger partial charge in [-0.15, -0.1) is 0 Å². The van der Waals surface area contributed by atoms with Crippen LogP contribution < -0.4 is 10.1 Å². The molecule has 21 heavy (non-hydrogen) atoms. The molecule has 0 bridgehead atoms. The summed E-state index contributed by atoms with van der Waals surface area (Å²) < 4.78 is 5.45. The lowest BCUT2D eigenvalue weighted by atomic mass is 9.89. The first-order valence-corrected chi connectivity index (χ1v) is 7.59. The van der Waals surface area contributed by atoms with Gasteiger partial charge in [0.15, 0.2) is 0 Å². The average Bonchev–Trinajstić information content (AvgIpc) is 2.36. The van der Waals surface area contributed by atoms with E-state index in [4.69, 9.17) is 16.3 Å². The third-order valence-corrected chi connectivity index (χ3v) is 3.12. The van der Waals surface area contributed by atoms with Crippen molar-refractivity contribution in [3.05, 3.63) is 29.3 Å². The maximum Gasteiger partial charge on any atom is 0.119 e. The molecule has 1 rings (SSSR count). The molecule has 0 radical (unpaired) electrons. The van der Waals surface area contributed by atoms with Crippen LogP contribution in [0.4, 0.5) is 0 Å². The number of hydrogen-bond donors (Lipinski definition) is 3. The summed E-state index contributed by atoms with van der Waals surface area (Å²) in [5, 5.41) is 23.4. The summed E-state index contributed by atoms with van der Waals surface area (Å²) in [6, 6.07) is 7.00. The van der Waals surface area contributed by atoms with Crippen molar-refractivity contribution in [2.45, 2.75) is 39.4 Å². The molecular weight excluding hydrogens is 290 g/mol. The van der Waals surface area contributed by atoms with Gasteiger partial charge in [0.05, 0.1) is 6.10 Å². The first-order valence-electron chi connectivity index (χ1n) is 7.21. The van der Waals surface area contributed by atoms with Crippen molar-refractivity contribution < 1.29 is 14.9 Å². The molecule has 0 amide bonds. The van der Waals surface area contributed by atoms with E-state index >= 15 is 0 Å². The molecular formula is C16H26ClNO3. The number of aliphatic hydroxyl groups excluding tert-OH is 2. The lowest BCUT2D eigenvalue weighted by molar-refractivity contribution is 0.0907. The smallest absolute Gasteiger partial charge is 0.119 e. The molecule has 0 heterocycles. The van der Waals surface area contributed by atoms with Crippen LogP contribution in [-0.2, 0) is 0 Å². The average molecular weight is 316 g/mol. The number of rotatable bonds is 8. The Labute approximate surface area is 132 Å². The number of benzene rings is 1. The number of ether oxygens (including phenoxy) is 1. The molecule has 2 atom stereocenters. The molecule has 5 heteroatoms. The maximum atomic E-state index is 9.84. The van der Waals surface area contributed by atoms with Crippen LogP contribution in [0.2, 0.25) is 5.02 Å². The van der Waals surface area contributed by atoms with Crippen LogP contribution in [0.1, 0.15) is 27.2 Å². The molecule has 2 unspecified atom stereocenters. The second kappa shape index (κ2) is 8.59. The van der Waals surface area contributed by atoms with Crippen molar-refractivity contribution in [3.8, 4) is 5.75 Å². The molecule has 3 N–H and O–H groups in total. The Kier molecular flexibility index (Phi) is 7.46. The summed E-state index contributed by atoms with van der Waals surface area (Å²) in [5.41, 5.74) is 0.0946. The predicted molar refractivity (Wildman–Crippen MR) is 85.9 cm³/mol. The van der Waals surface area contributed by atoms with Gasteiger partial charge in [0, 0.05) is 18.1 Å². The molecule has 4 nitrogen and oxygen atoms in total. The lowest BCUT2D eigenvalue weighted by Crippen LogP contribution is -2.37. The highest BCUT2D eigenvalue weighted by molar-refractivity contribution is 6.30. The van der Waals surface area contributed by atoms with E-state index in [1.807, 2.05) is 0 Å². The number of aliphatic hydroxyl groups is 2. The van der Waals surface area contributed by atoms with Crippen molar-refractivity contribution >= 4 is 11.6 Å². The quantitative estimate of drug-likeness (QED) is 0.689. The van der Waals surface area contributed by atoms with E-state index in [0.29, 0.717) is 23.9 Å². The van der Waals surface area contributed by atoms with Gasteiger partial charge >= 0.3 is 0 Å². The summed E-state index contributed by atoms with van der Waals surface area (Å²) in [4.78, 5) is 0. The van der Waals surface area contributed by atoms with E-state index in [0.717, 1.165) is 6.42 Å². The molecule has 0 aliphatic rings. The molecule has 1 aromatic rings. The number of nitrogens with one attached hydrogen (secondary N) is 1. The minimum atomic E-state index is -0.623. The minimum absolute atomic E-state index is 0.0946. The lowest BCUT2D eigenvalue weighted by Gasteiger charge is -2.23.